The molecule has 16 heavy (non-hydrogen) atoms. The first-order valence-electron chi connectivity index (χ1n) is 5.39. The van der Waals surface area contributed by atoms with Crippen molar-refractivity contribution in [2.75, 3.05) is 7.11 Å². The molecule has 0 aromatic heterocycles. The van der Waals surface area contributed by atoms with E-state index in [1.54, 1.807) is 24.3 Å². The number of benzene rings is 1. The van der Waals surface area contributed by atoms with E-state index in [0.29, 0.717) is 18.4 Å². The van der Waals surface area contributed by atoms with E-state index in [9.17, 15) is 9.59 Å². The number of Topliss-reactive ketones (excluding diaryl/α,β-unsaturated/α-hetero) is 1. The lowest BCUT2D eigenvalue weighted by Crippen LogP contribution is -2.45. The summed E-state index contributed by atoms with van der Waals surface area (Å²) in [6, 6.07) is 8.94. The van der Waals surface area contributed by atoms with Crippen molar-refractivity contribution in [3.8, 4) is 0 Å². The van der Waals surface area contributed by atoms with Crippen molar-refractivity contribution in [3.05, 3.63) is 35.9 Å². The average Bonchev–Trinajstić information content (AvgIpc) is 2.28. The normalized spacial score (nSPS) is 17.3. The fourth-order valence-electron chi connectivity index (χ4n) is 2.12. The molecule has 1 saturated carbocycles. The lowest BCUT2D eigenvalue weighted by atomic mass is 9.64. The maximum absolute atomic E-state index is 12.2. The molecule has 0 N–H and O–H groups in total. The van der Waals surface area contributed by atoms with Gasteiger partial charge in [0, 0.05) is 5.56 Å². The topological polar surface area (TPSA) is 43.4 Å². The molecule has 0 bridgehead atoms. The Labute approximate surface area is 94.4 Å². The largest absolute Gasteiger partial charge is 0.468 e. The zero-order valence-corrected chi connectivity index (χ0v) is 9.23. The van der Waals surface area contributed by atoms with E-state index in [1.807, 2.05) is 6.07 Å². The maximum atomic E-state index is 12.2. The second-order valence-electron chi connectivity index (χ2n) is 4.12. The summed E-state index contributed by atoms with van der Waals surface area (Å²) in [5, 5.41) is 0. The van der Waals surface area contributed by atoms with Gasteiger partial charge in [0.1, 0.15) is 5.41 Å². The Hall–Kier alpha value is -1.64. The molecule has 1 aliphatic carbocycles. The molecular formula is C13H14O3. The second kappa shape index (κ2) is 4.08. The highest BCUT2D eigenvalue weighted by Gasteiger charge is 2.51. The van der Waals surface area contributed by atoms with Crippen LogP contribution in [0.2, 0.25) is 0 Å². The van der Waals surface area contributed by atoms with Gasteiger partial charge >= 0.3 is 5.97 Å². The Morgan fingerprint density at radius 1 is 1.19 bits per heavy atom. The molecule has 0 amide bonds. The van der Waals surface area contributed by atoms with Crippen LogP contribution in [0.4, 0.5) is 0 Å². The molecule has 1 fully saturated rings. The van der Waals surface area contributed by atoms with Crippen LogP contribution < -0.4 is 0 Å². The van der Waals surface area contributed by atoms with E-state index in [-0.39, 0.29) is 5.78 Å². The average molecular weight is 218 g/mol. The highest BCUT2D eigenvalue weighted by Crippen LogP contribution is 2.44. The molecular weight excluding hydrogens is 204 g/mol. The van der Waals surface area contributed by atoms with Crippen molar-refractivity contribution in [1.29, 1.82) is 0 Å². The van der Waals surface area contributed by atoms with Gasteiger partial charge < -0.3 is 4.74 Å². The van der Waals surface area contributed by atoms with Gasteiger partial charge in [0.15, 0.2) is 5.78 Å². The quantitative estimate of drug-likeness (QED) is 0.444. The first-order valence-corrected chi connectivity index (χ1v) is 5.39. The van der Waals surface area contributed by atoms with Gasteiger partial charge in [-0.15, -0.1) is 0 Å². The van der Waals surface area contributed by atoms with E-state index < -0.39 is 11.4 Å². The van der Waals surface area contributed by atoms with Crippen LogP contribution in [0.5, 0.6) is 0 Å². The Kier molecular flexibility index (Phi) is 2.77. The van der Waals surface area contributed by atoms with Crippen LogP contribution in [-0.4, -0.2) is 18.9 Å². The summed E-state index contributed by atoms with van der Waals surface area (Å²) in [6.45, 7) is 0. The zero-order chi connectivity index (χ0) is 11.6. The number of carbonyl (C=O) groups is 2. The summed E-state index contributed by atoms with van der Waals surface area (Å²) in [5.41, 5.74) is -0.316. The SMILES string of the molecule is COC(=O)C1(C(=O)c2ccccc2)CCC1. The fraction of sp³-hybridized carbons (Fsp3) is 0.385. The standard InChI is InChI=1S/C13H14O3/c1-16-12(15)13(8-5-9-13)11(14)10-6-3-2-4-7-10/h2-4,6-7H,5,8-9H2,1H3. The minimum atomic E-state index is -0.907. The third kappa shape index (κ3) is 1.52. The van der Waals surface area contributed by atoms with Gasteiger partial charge in [-0.05, 0) is 12.8 Å². The molecule has 0 unspecified atom stereocenters. The van der Waals surface area contributed by atoms with Gasteiger partial charge in [0.2, 0.25) is 0 Å². The number of hydrogen-bond donors (Lipinski definition) is 0. The first-order chi connectivity index (χ1) is 7.70. The summed E-state index contributed by atoms with van der Waals surface area (Å²) in [6.07, 6.45) is 2.12. The second-order valence-corrected chi connectivity index (χ2v) is 4.12. The van der Waals surface area contributed by atoms with Crippen LogP contribution >= 0.6 is 0 Å². The maximum Gasteiger partial charge on any atom is 0.319 e. The van der Waals surface area contributed by atoms with E-state index in [4.69, 9.17) is 4.74 Å². The van der Waals surface area contributed by atoms with Crippen molar-refractivity contribution < 1.29 is 14.3 Å². The van der Waals surface area contributed by atoms with Crippen LogP contribution in [0.3, 0.4) is 0 Å². The van der Waals surface area contributed by atoms with Gasteiger partial charge in [-0.25, -0.2) is 0 Å². The highest BCUT2D eigenvalue weighted by molar-refractivity contribution is 6.13. The minimum Gasteiger partial charge on any atom is -0.468 e. The molecule has 3 heteroatoms. The predicted molar refractivity (Wildman–Crippen MR) is 59.1 cm³/mol. The molecule has 2 rings (SSSR count). The molecule has 0 radical (unpaired) electrons. The van der Waals surface area contributed by atoms with Crippen molar-refractivity contribution in [1.82, 2.24) is 0 Å². The molecule has 1 aromatic rings. The predicted octanol–water partition coefficient (Wildman–Crippen LogP) is 2.21. The molecule has 0 spiro atoms. The molecule has 0 atom stereocenters. The molecule has 84 valence electrons. The summed E-state index contributed by atoms with van der Waals surface area (Å²) in [4.78, 5) is 23.9. The van der Waals surface area contributed by atoms with E-state index >= 15 is 0 Å². The monoisotopic (exact) mass is 218 g/mol. The molecule has 0 saturated heterocycles. The Bertz CT molecular complexity index is 404. The number of methoxy groups -OCH3 is 1. The van der Waals surface area contributed by atoms with Gasteiger partial charge in [0.25, 0.3) is 0 Å². The van der Waals surface area contributed by atoms with Gasteiger partial charge in [-0.1, -0.05) is 36.8 Å². The van der Waals surface area contributed by atoms with Crippen LogP contribution in [0.1, 0.15) is 29.6 Å². The summed E-state index contributed by atoms with van der Waals surface area (Å²) in [5.74, 6) is -0.501. The molecule has 1 aliphatic rings. The van der Waals surface area contributed by atoms with Gasteiger partial charge in [-0.3, -0.25) is 9.59 Å². The number of hydrogen-bond acceptors (Lipinski definition) is 3. The molecule has 0 aliphatic heterocycles. The minimum absolute atomic E-state index is 0.105. The number of ether oxygens (including phenoxy) is 1. The van der Waals surface area contributed by atoms with Crippen molar-refractivity contribution in [2.24, 2.45) is 5.41 Å². The lowest BCUT2D eigenvalue weighted by Gasteiger charge is -2.37. The van der Waals surface area contributed by atoms with E-state index in [1.165, 1.54) is 7.11 Å². The summed E-state index contributed by atoms with van der Waals surface area (Å²) >= 11 is 0. The fourth-order valence-corrected chi connectivity index (χ4v) is 2.12. The summed E-state index contributed by atoms with van der Waals surface area (Å²) < 4.78 is 4.74. The van der Waals surface area contributed by atoms with Crippen LogP contribution in [-0.2, 0) is 9.53 Å². The number of rotatable bonds is 3. The Balaban J connectivity index is 2.30. The highest BCUT2D eigenvalue weighted by atomic mass is 16.5. The molecule has 0 heterocycles. The van der Waals surface area contributed by atoms with Crippen molar-refractivity contribution in [3.63, 3.8) is 0 Å². The number of carbonyl (C=O) groups excluding carboxylic acids is 2. The first kappa shape index (κ1) is 10.9. The van der Waals surface area contributed by atoms with E-state index in [2.05, 4.69) is 0 Å². The lowest BCUT2D eigenvalue weighted by molar-refractivity contribution is -0.153. The van der Waals surface area contributed by atoms with Crippen molar-refractivity contribution >= 4 is 11.8 Å². The molecule has 1 aromatic carbocycles. The third-order valence-corrected chi connectivity index (χ3v) is 3.25. The third-order valence-electron chi connectivity index (χ3n) is 3.25. The van der Waals surface area contributed by atoms with E-state index in [0.717, 1.165) is 6.42 Å². The van der Waals surface area contributed by atoms with Crippen LogP contribution in [0.25, 0.3) is 0 Å². The van der Waals surface area contributed by atoms with Crippen LogP contribution in [0.15, 0.2) is 30.3 Å². The number of esters is 1. The van der Waals surface area contributed by atoms with Crippen LogP contribution in [0, 0.1) is 5.41 Å². The smallest absolute Gasteiger partial charge is 0.319 e. The number of ketones is 1. The molecule has 3 nitrogen and oxygen atoms in total. The Morgan fingerprint density at radius 3 is 2.25 bits per heavy atom. The van der Waals surface area contributed by atoms with Gasteiger partial charge in [0.05, 0.1) is 7.11 Å². The summed E-state index contributed by atoms with van der Waals surface area (Å²) in [7, 11) is 1.33. The van der Waals surface area contributed by atoms with Crippen molar-refractivity contribution in [2.45, 2.75) is 19.3 Å². The van der Waals surface area contributed by atoms with Gasteiger partial charge in [-0.2, -0.15) is 0 Å². The Morgan fingerprint density at radius 2 is 1.81 bits per heavy atom. The zero-order valence-electron chi connectivity index (χ0n) is 9.23.